The zero-order valence-corrected chi connectivity index (χ0v) is 10.8. The summed E-state index contributed by atoms with van der Waals surface area (Å²) < 4.78 is 11.7. The molecule has 2 heterocycles. The Bertz CT molecular complexity index is 295. The van der Waals surface area contributed by atoms with E-state index >= 15 is 0 Å². The van der Waals surface area contributed by atoms with Crippen LogP contribution in [0.25, 0.3) is 0 Å². The molecule has 4 heteroatoms. The molecule has 1 atom stereocenters. The topological polar surface area (TPSA) is 34.4 Å². The molecule has 2 rings (SSSR count). The number of hydrogen-bond donors (Lipinski definition) is 1. The second kappa shape index (κ2) is 5.86. The lowest BCUT2D eigenvalue weighted by Gasteiger charge is -2.07. The molecule has 84 valence electrons. The molecule has 1 N–H and O–H groups in total. The van der Waals surface area contributed by atoms with Gasteiger partial charge in [-0.15, -0.1) is 0 Å². The minimum Gasteiger partial charge on any atom is -0.454 e. The standard InChI is InChI=1S/C11H16INO2/c12-11-2-1-10(15-11)7-13-5-3-9-4-6-14-8-9/h1-2,9,13H,3-8H2. The minimum absolute atomic E-state index is 0.759. The number of rotatable bonds is 5. The van der Waals surface area contributed by atoms with Crippen LogP contribution in [0.15, 0.2) is 16.5 Å². The van der Waals surface area contributed by atoms with Gasteiger partial charge in [-0.1, -0.05) is 0 Å². The summed E-state index contributed by atoms with van der Waals surface area (Å²) in [5.74, 6) is 1.77. The summed E-state index contributed by atoms with van der Waals surface area (Å²) in [4.78, 5) is 0. The smallest absolute Gasteiger partial charge is 0.164 e. The molecule has 1 aliphatic heterocycles. The second-order valence-corrected chi connectivity index (χ2v) is 4.96. The molecular weight excluding hydrogens is 305 g/mol. The summed E-state index contributed by atoms with van der Waals surface area (Å²) in [5.41, 5.74) is 0. The van der Waals surface area contributed by atoms with Crippen LogP contribution in [0.1, 0.15) is 18.6 Å². The molecule has 0 spiro atoms. The van der Waals surface area contributed by atoms with E-state index in [0.717, 1.165) is 41.7 Å². The molecule has 1 fully saturated rings. The summed E-state index contributed by atoms with van der Waals surface area (Å²) in [6, 6.07) is 4.01. The zero-order valence-electron chi connectivity index (χ0n) is 8.67. The fourth-order valence-electron chi connectivity index (χ4n) is 1.78. The number of hydrogen-bond acceptors (Lipinski definition) is 3. The number of nitrogens with one attached hydrogen (secondary N) is 1. The molecule has 15 heavy (non-hydrogen) atoms. The third kappa shape index (κ3) is 3.77. The number of halogens is 1. The Labute approximate surface area is 104 Å². The first-order valence-electron chi connectivity index (χ1n) is 5.37. The van der Waals surface area contributed by atoms with Gasteiger partial charge in [0.15, 0.2) is 3.77 Å². The van der Waals surface area contributed by atoms with E-state index in [1.165, 1.54) is 12.8 Å². The normalized spacial score (nSPS) is 21.0. The van der Waals surface area contributed by atoms with Crippen molar-refractivity contribution in [2.75, 3.05) is 19.8 Å². The largest absolute Gasteiger partial charge is 0.454 e. The Morgan fingerprint density at radius 2 is 2.40 bits per heavy atom. The van der Waals surface area contributed by atoms with E-state index in [0.29, 0.717) is 0 Å². The van der Waals surface area contributed by atoms with Crippen molar-refractivity contribution in [2.24, 2.45) is 5.92 Å². The van der Waals surface area contributed by atoms with Gasteiger partial charge in [0.1, 0.15) is 5.76 Å². The Kier molecular flexibility index (Phi) is 4.46. The van der Waals surface area contributed by atoms with Crippen molar-refractivity contribution in [3.63, 3.8) is 0 Å². The molecule has 1 aromatic rings. The summed E-state index contributed by atoms with van der Waals surface area (Å²) in [5, 5.41) is 3.39. The summed E-state index contributed by atoms with van der Waals surface area (Å²) in [7, 11) is 0. The van der Waals surface area contributed by atoms with E-state index in [2.05, 4.69) is 27.9 Å². The summed E-state index contributed by atoms with van der Waals surface area (Å²) in [6.07, 6.45) is 2.43. The predicted molar refractivity (Wildman–Crippen MR) is 66.7 cm³/mol. The van der Waals surface area contributed by atoms with Crippen LogP contribution < -0.4 is 5.32 Å². The first-order chi connectivity index (χ1) is 7.34. The quantitative estimate of drug-likeness (QED) is 0.668. The van der Waals surface area contributed by atoms with E-state index in [-0.39, 0.29) is 0 Å². The van der Waals surface area contributed by atoms with Gasteiger partial charge in [0.05, 0.1) is 6.54 Å². The molecule has 0 saturated carbocycles. The summed E-state index contributed by atoms with van der Waals surface area (Å²) >= 11 is 2.18. The van der Waals surface area contributed by atoms with Gasteiger partial charge in [0.25, 0.3) is 0 Å². The van der Waals surface area contributed by atoms with Crippen molar-refractivity contribution >= 4 is 22.6 Å². The van der Waals surface area contributed by atoms with Crippen LogP contribution in [0.4, 0.5) is 0 Å². The van der Waals surface area contributed by atoms with Gasteiger partial charge in [0.2, 0.25) is 0 Å². The van der Waals surface area contributed by atoms with Crippen molar-refractivity contribution in [3.8, 4) is 0 Å². The molecule has 0 aliphatic carbocycles. The second-order valence-electron chi connectivity index (χ2n) is 3.90. The first kappa shape index (κ1) is 11.4. The third-order valence-electron chi connectivity index (χ3n) is 2.68. The average Bonchev–Trinajstić information content (AvgIpc) is 2.84. The molecule has 1 saturated heterocycles. The molecule has 1 unspecified atom stereocenters. The Balaban J connectivity index is 1.58. The van der Waals surface area contributed by atoms with Crippen LogP contribution in [0, 0.1) is 9.68 Å². The molecular formula is C11H16INO2. The van der Waals surface area contributed by atoms with Crippen molar-refractivity contribution in [1.29, 1.82) is 0 Å². The lowest BCUT2D eigenvalue weighted by Crippen LogP contribution is -2.17. The molecule has 1 aromatic heterocycles. The van der Waals surface area contributed by atoms with Gasteiger partial charge < -0.3 is 14.5 Å². The fraction of sp³-hybridized carbons (Fsp3) is 0.636. The fourth-order valence-corrected chi connectivity index (χ4v) is 2.24. The minimum atomic E-state index is 0.759. The van der Waals surface area contributed by atoms with Crippen molar-refractivity contribution in [2.45, 2.75) is 19.4 Å². The maximum Gasteiger partial charge on any atom is 0.164 e. The maximum absolute atomic E-state index is 5.46. The highest BCUT2D eigenvalue weighted by molar-refractivity contribution is 14.1. The van der Waals surface area contributed by atoms with Gasteiger partial charge >= 0.3 is 0 Å². The van der Waals surface area contributed by atoms with E-state index in [1.807, 2.05) is 12.1 Å². The van der Waals surface area contributed by atoms with E-state index in [9.17, 15) is 0 Å². The molecule has 0 bridgehead atoms. The zero-order chi connectivity index (χ0) is 10.5. The van der Waals surface area contributed by atoms with Crippen LogP contribution in [-0.2, 0) is 11.3 Å². The molecule has 0 aromatic carbocycles. The van der Waals surface area contributed by atoms with Crippen molar-refractivity contribution in [1.82, 2.24) is 5.32 Å². The highest BCUT2D eigenvalue weighted by Gasteiger charge is 2.14. The van der Waals surface area contributed by atoms with Crippen molar-refractivity contribution < 1.29 is 9.15 Å². The number of furan rings is 1. The van der Waals surface area contributed by atoms with Gasteiger partial charge in [-0.3, -0.25) is 0 Å². The lowest BCUT2D eigenvalue weighted by molar-refractivity contribution is 0.184. The maximum atomic E-state index is 5.46. The highest BCUT2D eigenvalue weighted by Crippen LogP contribution is 2.15. The van der Waals surface area contributed by atoms with E-state index in [1.54, 1.807) is 0 Å². The molecule has 0 radical (unpaired) electrons. The van der Waals surface area contributed by atoms with Gasteiger partial charge in [-0.05, 0) is 60.0 Å². The lowest BCUT2D eigenvalue weighted by atomic mass is 10.1. The Morgan fingerprint density at radius 1 is 1.47 bits per heavy atom. The molecule has 0 amide bonds. The third-order valence-corrected chi connectivity index (χ3v) is 3.26. The number of ether oxygens (including phenoxy) is 1. The van der Waals surface area contributed by atoms with Gasteiger partial charge in [-0.25, -0.2) is 0 Å². The highest BCUT2D eigenvalue weighted by atomic mass is 127. The van der Waals surface area contributed by atoms with Crippen LogP contribution in [-0.4, -0.2) is 19.8 Å². The monoisotopic (exact) mass is 321 g/mol. The summed E-state index contributed by atoms with van der Waals surface area (Å²) in [6.45, 7) is 3.77. The SMILES string of the molecule is Ic1ccc(CNCCC2CCOC2)o1. The molecule has 1 aliphatic rings. The van der Waals surface area contributed by atoms with E-state index in [4.69, 9.17) is 9.15 Å². The first-order valence-corrected chi connectivity index (χ1v) is 6.45. The predicted octanol–water partition coefficient (Wildman–Crippen LogP) is 2.40. The average molecular weight is 321 g/mol. The van der Waals surface area contributed by atoms with Crippen LogP contribution >= 0.6 is 22.6 Å². The van der Waals surface area contributed by atoms with Crippen molar-refractivity contribution in [3.05, 3.63) is 21.7 Å². The van der Waals surface area contributed by atoms with Gasteiger partial charge in [0, 0.05) is 13.2 Å². The van der Waals surface area contributed by atoms with Crippen LogP contribution in [0.5, 0.6) is 0 Å². The molecule has 3 nitrogen and oxygen atoms in total. The van der Waals surface area contributed by atoms with Crippen LogP contribution in [0.2, 0.25) is 0 Å². The van der Waals surface area contributed by atoms with Gasteiger partial charge in [-0.2, -0.15) is 0 Å². The Morgan fingerprint density at radius 3 is 3.07 bits per heavy atom. The Hall–Kier alpha value is -0.0700. The van der Waals surface area contributed by atoms with Crippen LogP contribution in [0.3, 0.4) is 0 Å². The van der Waals surface area contributed by atoms with E-state index < -0.39 is 0 Å².